The van der Waals surface area contributed by atoms with E-state index in [0.717, 1.165) is 6.20 Å². The van der Waals surface area contributed by atoms with Crippen LogP contribution in [0, 0.1) is 12.7 Å². The molecule has 23 heavy (non-hydrogen) atoms. The van der Waals surface area contributed by atoms with Crippen LogP contribution in [0.15, 0.2) is 24.4 Å². The number of nitrogens with one attached hydrogen (secondary N) is 1. The largest absolute Gasteiger partial charge is 0.420 e. The van der Waals surface area contributed by atoms with E-state index in [9.17, 15) is 17.6 Å². The summed E-state index contributed by atoms with van der Waals surface area (Å²) in [5.41, 5.74) is -0.410. The highest BCUT2D eigenvalue weighted by atomic mass is 19.4. The molecule has 124 valence electrons. The van der Waals surface area contributed by atoms with Crippen LogP contribution in [0.5, 0.6) is 0 Å². The van der Waals surface area contributed by atoms with E-state index < -0.39 is 17.6 Å². The molecule has 1 aliphatic heterocycles. The highest BCUT2D eigenvalue weighted by molar-refractivity contribution is 5.66. The van der Waals surface area contributed by atoms with Gasteiger partial charge >= 0.3 is 6.18 Å². The second-order valence-corrected chi connectivity index (χ2v) is 5.81. The molecule has 2 aromatic rings. The van der Waals surface area contributed by atoms with E-state index in [2.05, 4.69) is 10.4 Å². The number of alkyl halides is 3. The lowest BCUT2D eigenvalue weighted by Crippen LogP contribution is -2.30. The molecule has 0 saturated carbocycles. The average Bonchev–Trinajstić information content (AvgIpc) is 2.95. The fourth-order valence-corrected chi connectivity index (χ4v) is 2.99. The van der Waals surface area contributed by atoms with Crippen LogP contribution in [0.25, 0.3) is 11.3 Å². The summed E-state index contributed by atoms with van der Waals surface area (Å²) < 4.78 is 55.7. The first-order chi connectivity index (χ1) is 10.9. The van der Waals surface area contributed by atoms with Crippen LogP contribution in [0.1, 0.15) is 30.0 Å². The number of nitrogens with zero attached hydrogens (tertiary/aromatic N) is 2. The zero-order valence-electron chi connectivity index (χ0n) is 12.6. The fraction of sp³-hybridized carbons (Fsp3) is 0.438. The predicted molar refractivity (Wildman–Crippen MR) is 78.5 cm³/mol. The van der Waals surface area contributed by atoms with Crippen LogP contribution in [0.2, 0.25) is 0 Å². The first kappa shape index (κ1) is 16.0. The first-order valence-electron chi connectivity index (χ1n) is 7.50. The van der Waals surface area contributed by atoms with E-state index >= 15 is 0 Å². The van der Waals surface area contributed by atoms with E-state index in [0.29, 0.717) is 31.5 Å². The molecule has 1 fully saturated rings. The van der Waals surface area contributed by atoms with Crippen molar-refractivity contribution in [3.63, 3.8) is 0 Å². The molecule has 0 bridgehead atoms. The molecule has 1 aromatic heterocycles. The molecular weight excluding hydrogens is 310 g/mol. The van der Waals surface area contributed by atoms with E-state index in [1.807, 2.05) is 0 Å². The topological polar surface area (TPSA) is 29.9 Å². The van der Waals surface area contributed by atoms with E-state index in [1.165, 1.54) is 22.9 Å². The molecule has 3 nitrogen and oxygen atoms in total. The Kier molecular flexibility index (Phi) is 4.14. The number of piperidine rings is 1. The fourth-order valence-electron chi connectivity index (χ4n) is 2.99. The Morgan fingerprint density at radius 2 is 1.91 bits per heavy atom. The van der Waals surface area contributed by atoms with Crippen molar-refractivity contribution >= 4 is 0 Å². The van der Waals surface area contributed by atoms with Gasteiger partial charge in [0.15, 0.2) is 0 Å². The Bertz CT molecular complexity index is 700. The Balaban J connectivity index is 2.18. The minimum atomic E-state index is -4.57. The van der Waals surface area contributed by atoms with Crippen LogP contribution >= 0.6 is 0 Å². The lowest BCUT2D eigenvalue weighted by molar-refractivity contribution is -0.137. The quantitative estimate of drug-likeness (QED) is 0.847. The maximum Gasteiger partial charge on any atom is 0.420 e. The zero-order chi connectivity index (χ0) is 16.6. The molecule has 1 aliphatic rings. The van der Waals surface area contributed by atoms with Gasteiger partial charge in [0.1, 0.15) is 11.4 Å². The standard InChI is InChI=1S/C16H17F4N3/c1-10-2-3-14(17)12(8-10)15-13(16(18,19)20)9-22-23(15)11-4-6-21-7-5-11/h2-3,8-9,11,21H,4-7H2,1H3. The van der Waals surface area contributed by atoms with Crippen molar-refractivity contribution in [3.05, 3.63) is 41.3 Å². The summed E-state index contributed by atoms with van der Waals surface area (Å²) in [4.78, 5) is 0. The van der Waals surface area contributed by atoms with Gasteiger partial charge in [0, 0.05) is 5.56 Å². The number of benzene rings is 1. The summed E-state index contributed by atoms with van der Waals surface area (Å²) in [5.74, 6) is -0.670. The molecule has 7 heteroatoms. The van der Waals surface area contributed by atoms with Gasteiger partial charge < -0.3 is 5.32 Å². The summed E-state index contributed by atoms with van der Waals surface area (Å²) in [5, 5.41) is 7.12. The number of aromatic nitrogens is 2. The maximum atomic E-state index is 14.2. The molecule has 0 aliphatic carbocycles. The molecule has 0 unspecified atom stereocenters. The van der Waals surface area contributed by atoms with Crippen LogP contribution in [0.3, 0.4) is 0 Å². The second kappa shape index (κ2) is 5.96. The van der Waals surface area contributed by atoms with Crippen molar-refractivity contribution in [2.45, 2.75) is 32.0 Å². The first-order valence-corrected chi connectivity index (χ1v) is 7.50. The Hall–Kier alpha value is -1.89. The van der Waals surface area contributed by atoms with Crippen LogP contribution < -0.4 is 5.32 Å². The molecule has 0 atom stereocenters. The van der Waals surface area contributed by atoms with Crippen molar-refractivity contribution in [2.24, 2.45) is 0 Å². The van der Waals surface area contributed by atoms with Gasteiger partial charge in [0.05, 0.1) is 17.9 Å². The minimum absolute atomic E-state index is 0.0478. The number of hydrogen-bond acceptors (Lipinski definition) is 2. The van der Waals surface area contributed by atoms with E-state index in [4.69, 9.17) is 0 Å². The maximum absolute atomic E-state index is 14.2. The summed E-state index contributed by atoms with van der Waals surface area (Å²) >= 11 is 0. The van der Waals surface area contributed by atoms with Gasteiger partial charge in [0.25, 0.3) is 0 Å². The lowest BCUT2D eigenvalue weighted by atomic mass is 10.0. The van der Waals surface area contributed by atoms with Gasteiger partial charge in [-0.05, 0) is 45.0 Å². The van der Waals surface area contributed by atoms with Crippen LogP contribution in [-0.4, -0.2) is 22.9 Å². The number of hydrogen-bond donors (Lipinski definition) is 1. The zero-order valence-corrected chi connectivity index (χ0v) is 12.6. The van der Waals surface area contributed by atoms with Gasteiger partial charge in [-0.2, -0.15) is 18.3 Å². The van der Waals surface area contributed by atoms with E-state index in [-0.39, 0.29) is 17.3 Å². The summed E-state index contributed by atoms with van der Waals surface area (Å²) in [7, 11) is 0. The van der Waals surface area contributed by atoms with Gasteiger partial charge in [-0.15, -0.1) is 0 Å². The number of rotatable bonds is 2. The SMILES string of the molecule is Cc1ccc(F)c(-c2c(C(F)(F)F)cnn2C2CCNCC2)c1. The van der Waals surface area contributed by atoms with Crippen molar-refractivity contribution in [1.82, 2.24) is 15.1 Å². The third kappa shape index (κ3) is 3.10. The van der Waals surface area contributed by atoms with E-state index in [1.54, 1.807) is 6.92 Å². The van der Waals surface area contributed by atoms with Crippen molar-refractivity contribution in [1.29, 1.82) is 0 Å². The molecule has 2 heterocycles. The monoisotopic (exact) mass is 327 g/mol. The predicted octanol–water partition coefficient (Wildman–Crippen LogP) is 3.94. The average molecular weight is 327 g/mol. The third-order valence-corrected chi connectivity index (χ3v) is 4.13. The highest BCUT2D eigenvalue weighted by Crippen LogP contribution is 2.40. The summed E-state index contributed by atoms with van der Waals surface area (Å²) in [6, 6.07) is 4.02. The smallest absolute Gasteiger partial charge is 0.317 e. The van der Waals surface area contributed by atoms with Crippen LogP contribution in [-0.2, 0) is 6.18 Å². The lowest BCUT2D eigenvalue weighted by Gasteiger charge is -2.25. The summed E-state index contributed by atoms with van der Waals surface area (Å²) in [6.07, 6.45) is -2.44. The molecule has 3 rings (SSSR count). The molecule has 0 spiro atoms. The molecule has 1 saturated heterocycles. The molecule has 1 aromatic carbocycles. The van der Waals surface area contributed by atoms with Gasteiger partial charge in [-0.1, -0.05) is 11.6 Å². The molecule has 0 radical (unpaired) electrons. The van der Waals surface area contributed by atoms with Crippen molar-refractivity contribution < 1.29 is 17.6 Å². The minimum Gasteiger partial charge on any atom is -0.317 e. The Morgan fingerprint density at radius 3 is 2.57 bits per heavy atom. The second-order valence-electron chi connectivity index (χ2n) is 5.81. The van der Waals surface area contributed by atoms with Crippen molar-refractivity contribution in [3.8, 4) is 11.3 Å². The van der Waals surface area contributed by atoms with Crippen LogP contribution in [0.4, 0.5) is 17.6 Å². The number of halogens is 4. The van der Waals surface area contributed by atoms with Gasteiger partial charge in [-0.25, -0.2) is 4.39 Å². The van der Waals surface area contributed by atoms with Crippen molar-refractivity contribution in [2.75, 3.05) is 13.1 Å². The highest BCUT2D eigenvalue weighted by Gasteiger charge is 2.38. The Labute approximate surface area is 131 Å². The number of aryl methyl sites for hydroxylation is 1. The Morgan fingerprint density at radius 1 is 1.22 bits per heavy atom. The molecular formula is C16H17F4N3. The van der Waals surface area contributed by atoms with Gasteiger partial charge in [-0.3, -0.25) is 4.68 Å². The normalized spacial score (nSPS) is 16.7. The molecule has 1 N–H and O–H groups in total. The molecule has 0 amide bonds. The third-order valence-electron chi connectivity index (χ3n) is 4.13. The van der Waals surface area contributed by atoms with Gasteiger partial charge in [0.2, 0.25) is 0 Å². The summed E-state index contributed by atoms with van der Waals surface area (Å²) in [6.45, 7) is 3.14.